The highest BCUT2D eigenvalue weighted by Crippen LogP contribution is 1.96. The number of aromatic nitrogens is 3. The Bertz CT molecular complexity index is 235. The molecule has 0 unspecified atom stereocenters. The van der Waals surface area contributed by atoms with Gasteiger partial charge in [-0.25, -0.2) is 4.68 Å². The smallest absolute Gasteiger partial charge is 0.0962 e. The maximum atomic E-state index is 9.27. The van der Waals surface area contributed by atoms with Crippen LogP contribution < -0.4 is 5.73 Å². The maximum absolute atomic E-state index is 9.27. The van der Waals surface area contributed by atoms with E-state index in [2.05, 4.69) is 10.3 Å². The third-order valence-electron chi connectivity index (χ3n) is 1.66. The Balaban J connectivity index is 2.52. The van der Waals surface area contributed by atoms with Crippen molar-refractivity contribution in [3.63, 3.8) is 0 Å². The van der Waals surface area contributed by atoms with Crippen LogP contribution >= 0.6 is 0 Å². The molecule has 5 nitrogen and oxygen atoms in total. The minimum absolute atomic E-state index is 0.350. The average Bonchev–Trinajstić information content (AvgIpc) is 2.52. The van der Waals surface area contributed by atoms with Gasteiger partial charge in [0.2, 0.25) is 0 Å². The van der Waals surface area contributed by atoms with E-state index in [4.69, 9.17) is 5.73 Å². The van der Waals surface area contributed by atoms with Crippen LogP contribution in [-0.4, -0.2) is 26.2 Å². The van der Waals surface area contributed by atoms with Crippen LogP contribution in [0.3, 0.4) is 0 Å². The summed E-state index contributed by atoms with van der Waals surface area (Å²) in [6, 6.07) is 0. The Hall–Kier alpha value is -0.940. The summed E-state index contributed by atoms with van der Waals surface area (Å²) in [4.78, 5) is 0. The number of nitrogens with zero attached hydrogens (tertiary/aromatic N) is 3. The van der Waals surface area contributed by atoms with Crippen LogP contribution in [0.1, 0.15) is 19.0 Å². The lowest BCUT2D eigenvalue weighted by molar-refractivity contribution is 0.144. The molecule has 0 radical (unpaired) electrons. The summed E-state index contributed by atoms with van der Waals surface area (Å²) in [5.74, 6) is 0. The van der Waals surface area contributed by atoms with Crippen molar-refractivity contribution >= 4 is 0 Å². The molecular weight excluding hydrogens is 156 g/mol. The van der Waals surface area contributed by atoms with Gasteiger partial charge in [0.15, 0.2) is 0 Å². The zero-order chi connectivity index (χ0) is 8.97. The molecule has 0 aliphatic heterocycles. The predicted octanol–water partition coefficient (Wildman–Crippen LogP) is -0.492. The van der Waals surface area contributed by atoms with Gasteiger partial charge in [0.25, 0.3) is 0 Å². The quantitative estimate of drug-likeness (QED) is 0.639. The van der Waals surface area contributed by atoms with Gasteiger partial charge in [-0.2, -0.15) is 0 Å². The molecule has 68 valence electrons. The van der Waals surface area contributed by atoms with Crippen molar-refractivity contribution < 1.29 is 5.11 Å². The normalized spacial score (nSPS) is 13.2. The van der Waals surface area contributed by atoms with Crippen molar-refractivity contribution in [2.75, 3.05) is 0 Å². The highest BCUT2D eigenvalue weighted by atomic mass is 16.3. The van der Waals surface area contributed by atoms with Gasteiger partial charge in [0.05, 0.1) is 18.3 Å². The molecule has 12 heavy (non-hydrogen) atoms. The van der Waals surface area contributed by atoms with Crippen molar-refractivity contribution in [2.24, 2.45) is 5.73 Å². The SMILES string of the molecule is CC[C@H](O)Cn1cc(CN)nn1. The summed E-state index contributed by atoms with van der Waals surface area (Å²) in [5.41, 5.74) is 6.10. The lowest BCUT2D eigenvalue weighted by Gasteiger charge is -2.05. The van der Waals surface area contributed by atoms with Gasteiger partial charge in [0.1, 0.15) is 0 Å². The third-order valence-corrected chi connectivity index (χ3v) is 1.66. The molecule has 0 saturated carbocycles. The van der Waals surface area contributed by atoms with Crippen LogP contribution in [0.5, 0.6) is 0 Å². The van der Waals surface area contributed by atoms with Gasteiger partial charge in [0, 0.05) is 12.7 Å². The van der Waals surface area contributed by atoms with Crippen LogP contribution in [0.15, 0.2) is 6.20 Å². The molecule has 1 atom stereocenters. The molecule has 0 aliphatic rings. The fraction of sp³-hybridized carbons (Fsp3) is 0.714. The summed E-state index contributed by atoms with van der Waals surface area (Å²) in [6.45, 7) is 2.80. The highest BCUT2D eigenvalue weighted by molar-refractivity contribution is 4.90. The fourth-order valence-corrected chi connectivity index (χ4v) is 0.866. The Morgan fingerprint density at radius 3 is 3.00 bits per heavy atom. The first kappa shape index (κ1) is 9.15. The molecule has 0 saturated heterocycles. The number of hydrogen-bond donors (Lipinski definition) is 2. The van der Waals surface area contributed by atoms with Crippen LogP contribution in [0.25, 0.3) is 0 Å². The lowest BCUT2D eigenvalue weighted by atomic mass is 10.3. The van der Waals surface area contributed by atoms with E-state index in [1.54, 1.807) is 10.9 Å². The minimum Gasteiger partial charge on any atom is -0.391 e. The van der Waals surface area contributed by atoms with E-state index < -0.39 is 0 Å². The molecule has 1 heterocycles. The van der Waals surface area contributed by atoms with Gasteiger partial charge in [-0.15, -0.1) is 5.10 Å². The Kier molecular flexibility index (Phi) is 3.19. The number of nitrogens with two attached hydrogens (primary N) is 1. The summed E-state index contributed by atoms with van der Waals surface area (Å²) in [7, 11) is 0. The molecule has 5 heteroatoms. The van der Waals surface area contributed by atoms with Crippen LogP contribution in [0.2, 0.25) is 0 Å². The number of hydrogen-bond acceptors (Lipinski definition) is 4. The van der Waals surface area contributed by atoms with Crippen LogP contribution in [0, 0.1) is 0 Å². The second-order valence-electron chi connectivity index (χ2n) is 2.70. The predicted molar refractivity (Wildman–Crippen MR) is 44.2 cm³/mol. The van der Waals surface area contributed by atoms with E-state index in [0.717, 1.165) is 12.1 Å². The summed E-state index contributed by atoms with van der Waals surface area (Å²) in [6.07, 6.45) is 2.12. The van der Waals surface area contributed by atoms with Crippen molar-refractivity contribution in [1.82, 2.24) is 15.0 Å². The van der Waals surface area contributed by atoms with E-state index in [0.29, 0.717) is 13.1 Å². The first-order valence-electron chi connectivity index (χ1n) is 4.03. The zero-order valence-electron chi connectivity index (χ0n) is 7.14. The average molecular weight is 170 g/mol. The molecular formula is C7H14N4O. The van der Waals surface area contributed by atoms with E-state index in [9.17, 15) is 5.11 Å². The van der Waals surface area contributed by atoms with E-state index in [1.807, 2.05) is 6.92 Å². The molecule has 0 fully saturated rings. The molecule has 0 amide bonds. The summed E-state index contributed by atoms with van der Waals surface area (Å²) >= 11 is 0. The molecule has 0 spiro atoms. The Morgan fingerprint density at radius 1 is 1.75 bits per heavy atom. The minimum atomic E-state index is -0.350. The van der Waals surface area contributed by atoms with Crippen molar-refractivity contribution in [1.29, 1.82) is 0 Å². The van der Waals surface area contributed by atoms with E-state index in [1.165, 1.54) is 0 Å². The van der Waals surface area contributed by atoms with Gasteiger partial charge in [-0.1, -0.05) is 12.1 Å². The first-order chi connectivity index (χ1) is 5.76. The van der Waals surface area contributed by atoms with Crippen molar-refractivity contribution in [2.45, 2.75) is 32.5 Å². The second-order valence-corrected chi connectivity index (χ2v) is 2.70. The number of rotatable bonds is 4. The van der Waals surface area contributed by atoms with E-state index >= 15 is 0 Å². The van der Waals surface area contributed by atoms with Gasteiger partial charge in [-0.3, -0.25) is 0 Å². The summed E-state index contributed by atoms with van der Waals surface area (Å²) < 4.78 is 1.61. The molecule has 0 aromatic carbocycles. The van der Waals surface area contributed by atoms with Crippen molar-refractivity contribution in [3.05, 3.63) is 11.9 Å². The Morgan fingerprint density at radius 2 is 2.50 bits per heavy atom. The summed E-state index contributed by atoms with van der Waals surface area (Å²) in [5, 5.41) is 16.9. The molecule has 3 N–H and O–H groups in total. The van der Waals surface area contributed by atoms with Gasteiger partial charge >= 0.3 is 0 Å². The maximum Gasteiger partial charge on any atom is 0.0962 e. The zero-order valence-corrected chi connectivity index (χ0v) is 7.14. The molecule has 1 aromatic rings. The first-order valence-corrected chi connectivity index (χ1v) is 4.03. The monoisotopic (exact) mass is 170 g/mol. The van der Waals surface area contributed by atoms with Gasteiger partial charge < -0.3 is 10.8 Å². The topological polar surface area (TPSA) is 77.0 Å². The largest absolute Gasteiger partial charge is 0.391 e. The number of aliphatic hydroxyl groups excluding tert-OH is 1. The van der Waals surface area contributed by atoms with Crippen molar-refractivity contribution in [3.8, 4) is 0 Å². The fourth-order valence-electron chi connectivity index (χ4n) is 0.866. The van der Waals surface area contributed by atoms with Crippen LogP contribution in [0.4, 0.5) is 0 Å². The molecule has 0 bridgehead atoms. The standard InChI is InChI=1S/C7H14N4O/c1-2-7(12)5-11-4-6(3-8)9-10-11/h4,7,12H,2-3,5,8H2,1H3/t7-/m0/s1. The molecule has 1 rings (SSSR count). The van der Waals surface area contributed by atoms with Crippen LogP contribution in [-0.2, 0) is 13.1 Å². The Labute approximate surface area is 71.2 Å². The molecule has 1 aromatic heterocycles. The second kappa shape index (κ2) is 4.18. The van der Waals surface area contributed by atoms with Gasteiger partial charge in [-0.05, 0) is 6.42 Å². The van der Waals surface area contributed by atoms with E-state index in [-0.39, 0.29) is 6.10 Å². The molecule has 0 aliphatic carbocycles. The third kappa shape index (κ3) is 2.28. The highest BCUT2D eigenvalue weighted by Gasteiger charge is 2.03. The lowest BCUT2D eigenvalue weighted by Crippen LogP contribution is -2.15. The number of aliphatic hydroxyl groups is 1.